The third kappa shape index (κ3) is 4.84. The maximum absolute atomic E-state index is 15.3. The van der Waals surface area contributed by atoms with Gasteiger partial charge in [-0.05, 0) is 53.0 Å². The van der Waals surface area contributed by atoms with Crippen LogP contribution in [0.1, 0.15) is 52.9 Å². The number of carbonyl (C=O) groups excluding carboxylic acids is 1. The van der Waals surface area contributed by atoms with Crippen molar-refractivity contribution >= 4 is 46.0 Å². The first kappa shape index (κ1) is 27.0. The lowest BCUT2D eigenvalue weighted by Crippen LogP contribution is -2.57. The number of ether oxygens (including phenoxy) is 2. The summed E-state index contributed by atoms with van der Waals surface area (Å²) >= 11 is 12.5. The van der Waals surface area contributed by atoms with Gasteiger partial charge < -0.3 is 14.4 Å². The van der Waals surface area contributed by atoms with Crippen molar-refractivity contribution in [2.45, 2.75) is 82.3 Å². The molecule has 6 heterocycles. The molecule has 0 spiro atoms. The molecule has 13 heteroatoms. The number of carbonyl (C=O) groups is 1. The number of aromatic nitrogens is 3. The summed E-state index contributed by atoms with van der Waals surface area (Å²) in [6.45, 7) is 7.84. The van der Waals surface area contributed by atoms with Crippen molar-refractivity contribution in [1.29, 1.82) is 0 Å². The summed E-state index contributed by atoms with van der Waals surface area (Å²) in [5, 5.41) is -0.174. The highest BCUT2D eigenvalue weighted by Crippen LogP contribution is 2.42. The lowest BCUT2D eigenvalue weighted by atomic mass is 9.95. The average Bonchev–Trinajstić information content (AvgIpc) is 3.47. The Morgan fingerprint density at radius 3 is 2.51 bits per heavy atom. The largest absolute Gasteiger partial charge is 0.461 e. The topological polar surface area (TPSA) is 83.9 Å². The smallest absolute Gasteiger partial charge is 0.410 e. The van der Waals surface area contributed by atoms with E-state index < -0.39 is 28.3 Å². The molecule has 4 aliphatic rings. The Bertz CT molecular complexity index is 1300. The Morgan fingerprint density at radius 1 is 1.10 bits per heavy atom. The zero-order valence-electron chi connectivity index (χ0n) is 22.2. The van der Waals surface area contributed by atoms with Gasteiger partial charge in [0.25, 0.3) is 0 Å². The molecule has 2 aromatic heterocycles. The van der Waals surface area contributed by atoms with Crippen molar-refractivity contribution < 1.29 is 23.0 Å². The van der Waals surface area contributed by atoms with Crippen LogP contribution in [-0.2, 0) is 4.74 Å². The molecule has 4 aliphatic heterocycles. The Kier molecular flexibility index (Phi) is 6.70. The molecule has 6 rings (SSSR count). The number of anilines is 1. The Labute approximate surface area is 235 Å². The summed E-state index contributed by atoms with van der Waals surface area (Å²) in [7, 11) is 0. The second kappa shape index (κ2) is 9.69. The van der Waals surface area contributed by atoms with Crippen molar-refractivity contribution in [2.24, 2.45) is 0 Å². The van der Waals surface area contributed by atoms with Gasteiger partial charge >= 0.3 is 12.1 Å². The molecule has 4 atom stereocenters. The van der Waals surface area contributed by atoms with Crippen LogP contribution < -0.4 is 9.64 Å². The number of halogens is 4. The van der Waals surface area contributed by atoms with Gasteiger partial charge in [-0.2, -0.15) is 9.97 Å². The molecule has 39 heavy (non-hydrogen) atoms. The standard InChI is InChI=1S/C26H32Cl2F2N6O3/c1-25(2,3)39-24(37)36-15-5-6-16(36)12-34(11-15)22-17-19(18(30)21(28)32-20(17)27)31-23(33-22)38-13-26-7-4-8-35(26)10-14(29)9-26/h14-16H,4-13H2,1-3H3/t14-,15?,16?,26+/m1/s1. The predicted octanol–water partition coefficient (Wildman–Crippen LogP) is 5.01. The van der Waals surface area contributed by atoms with E-state index in [1.807, 2.05) is 25.7 Å². The molecule has 0 saturated carbocycles. The Balaban J connectivity index is 1.33. The number of hydrogen-bond acceptors (Lipinski definition) is 8. The van der Waals surface area contributed by atoms with Crippen LogP contribution in [0.4, 0.5) is 19.4 Å². The van der Waals surface area contributed by atoms with Gasteiger partial charge in [0.1, 0.15) is 34.9 Å². The van der Waals surface area contributed by atoms with Gasteiger partial charge in [-0.15, -0.1) is 0 Å². The summed E-state index contributed by atoms with van der Waals surface area (Å²) in [4.78, 5) is 31.9. The van der Waals surface area contributed by atoms with E-state index in [2.05, 4.69) is 19.9 Å². The summed E-state index contributed by atoms with van der Waals surface area (Å²) in [5.74, 6) is -0.440. The van der Waals surface area contributed by atoms with Crippen molar-refractivity contribution in [3.05, 3.63) is 16.1 Å². The molecule has 4 saturated heterocycles. The second-order valence-electron chi connectivity index (χ2n) is 12.1. The van der Waals surface area contributed by atoms with Gasteiger partial charge in [-0.3, -0.25) is 9.80 Å². The third-order valence-corrected chi connectivity index (χ3v) is 8.80. The van der Waals surface area contributed by atoms with Crippen LogP contribution in [0.15, 0.2) is 0 Å². The van der Waals surface area contributed by atoms with Crippen molar-refractivity contribution in [3.63, 3.8) is 0 Å². The molecule has 4 fully saturated rings. The molecule has 0 aromatic carbocycles. The number of pyridine rings is 1. The van der Waals surface area contributed by atoms with Crippen LogP contribution in [0, 0.1) is 5.82 Å². The minimum absolute atomic E-state index is 0.0171. The van der Waals surface area contributed by atoms with Gasteiger partial charge in [-0.25, -0.2) is 18.6 Å². The molecule has 1 amide bonds. The van der Waals surface area contributed by atoms with Gasteiger partial charge in [0, 0.05) is 26.1 Å². The van der Waals surface area contributed by atoms with Gasteiger partial charge in [0.2, 0.25) is 0 Å². The average molecular weight is 585 g/mol. The minimum atomic E-state index is -0.903. The normalized spacial score (nSPS) is 28.8. The number of hydrogen-bond donors (Lipinski definition) is 0. The maximum atomic E-state index is 15.3. The van der Waals surface area contributed by atoms with Crippen LogP contribution in [0.25, 0.3) is 10.9 Å². The fourth-order valence-corrected chi connectivity index (χ4v) is 7.17. The van der Waals surface area contributed by atoms with E-state index in [-0.39, 0.29) is 46.9 Å². The van der Waals surface area contributed by atoms with Crippen LogP contribution >= 0.6 is 23.2 Å². The van der Waals surface area contributed by atoms with E-state index in [9.17, 15) is 9.18 Å². The van der Waals surface area contributed by atoms with Crippen molar-refractivity contribution in [3.8, 4) is 6.01 Å². The third-order valence-electron chi connectivity index (χ3n) is 8.28. The van der Waals surface area contributed by atoms with Gasteiger partial charge in [0.05, 0.1) is 23.0 Å². The maximum Gasteiger partial charge on any atom is 0.410 e. The lowest BCUT2D eigenvalue weighted by Gasteiger charge is -2.42. The SMILES string of the molecule is CC(C)(C)OC(=O)N1C2CCC1CN(c1nc(OC[C@@]34CCCN3C[C@H](F)C4)nc3c(F)c(Cl)nc(Cl)c13)C2. The first-order chi connectivity index (χ1) is 18.4. The number of rotatable bonds is 4. The monoisotopic (exact) mass is 584 g/mol. The van der Waals surface area contributed by atoms with E-state index in [4.69, 9.17) is 32.7 Å². The first-order valence-corrected chi connectivity index (χ1v) is 14.2. The number of fused-ring (bicyclic) bond motifs is 4. The van der Waals surface area contributed by atoms with E-state index in [1.54, 1.807) is 4.90 Å². The zero-order chi connectivity index (χ0) is 27.7. The quantitative estimate of drug-likeness (QED) is 0.463. The fraction of sp³-hybridized carbons (Fsp3) is 0.692. The van der Waals surface area contributed by atoms with Crippen LogP contribution in [-0.4, -0.2) is 93.0 Å². The summed E-state index contributed by atoms with van der Waals surface area (Å²) in [6.07, 6.45) is 2.55. The second-order valence-corrected chi connectivity index (χ2v) is 12.8. The van der Waals surface area contributed by atoms with Crippen molar-refractivity contribution in [1.82, 2.24) is 24.8 Å². The Hall–Kier alpha value is -2.24. The molecule has 0 radical (unpaired) electrons. The molecule has 0 N–H and O–H groups in total. The number of alkyl halides is 1. The van der Waals surface area contributed by atoms with Crippen LogP contribution in [0.2, 0.25) is 10.3 Å². The number of piperazine rings is 1. The summed E-state index contributed by atoms with van der Waals surface area (Å²) < 4.78 is 41.3. The first-order valence-electron chi connectivity index (χ1n) is 13.4. The molecule has 2 bridgehead atoms. The molecule has 9 nitrogen and oxygen atoms in total. The number of nitrogens with zero attached hydrogens (tertiary/aromatic N) is 6. The van der Waals surface area contributed by atoms with Gasteiger partial charge in [0.15, 0.2) is 11.0 Å². The highest BCUT2D eigenvalue weighted by atomic mass is 35.5. The Morgan fingerprint density at radius 2 is 1.82 bits per heavy atom. The lowest BCUT2D eigenvalue weighted by molar-refractivity contribution is 0.0122. The molecule has 212 valence electrons. The fourth-order valence-electron chi connectivity index (χ4n) is 6.70. The van der Waals surface area contributed by atoms with Crippen LogP contribution in [0.5, 0.6) is 6.01 Å². The minimum Gasteiger partial charge on any atom is -0.461 e. The molecule has 2 unspecified atom stereocenters. The van der Waals surface area contributed by atoms with Gasteiger partial charge in [-0.1, -0.05) is 23.2 Å². The van der Waals surface area contributed by atoms with Crippen LogP contribution in [0.3, 0.4) is 0 Å². The molecule has 0 aliphatic carbocycles. The van der Waals surface area contributed by atoms with Crippen molar-refractivity contribution in [2.75, 3.05) is 37.7 Å². The van der Waals surface area contributed by atoms with E-state index in [0.717, 1.165) is 32.2 Å². The summed E-state index contributed by atoms with van der Waals surface area (Å²) in [5.41, 5.74) is -1.10. The highest BCUT2D eigenvalue weighted by Gasteiger charge is 2.50. The number of amides is 1. The van der Waals surface area contributed by atoms with E-state index in [0.29, 0.717) is 31.9 Å². The van der Waals surface area contributed by atoms with E-state index >= 15 is 4.39 Å². The molecular formula is C26H32Cl2F2N6O3. The highest BCUT2D eigenvalue weighted by molar-refractivity contribution is 6.37. The summed E-state index contributed by atoms with van der Waals surface area (Å²) in [6, 6.07) is -0.245. The molecule has 2 aromatic rings. The zero-order valence-corrected chi connectivity index (χ0v) is 23.7. The van der Waals surface area contributed by atoms with E-state index in [1.165, 1.54) is 0 Å². The molecular weight excluding hydrogens is 553 g/mol. The predicted molar refractivity (Wildman–Crippen MR) is 143 cm³/mol.